The number of aryl methyl sites for hydroxylation is 1. The van der Waals surface area contributed by atoms with Gasteiger partial charge in [-0.15, -0.1) is 6.58 Å². The molecule has 2 aromatic rings. The van der Waals surface area contributed by atoms with Gasteiger partial charge in [-0.2, -0.15) is 0 Å². The van der Waals surface area contributed by atoms with Crippen molar-refractivity contribution in [3.05, 3.63) is 66.4 Å². The molecule has 3 rings (SSSR count). The summed E-state index contributed by atoms with van der Waals surface area (Å²) < 4.78 is 0. The highest BCUT2D eigenvalue weighted by Crippen LogP contribution is 2.41. The molecule has 1 nitrogen and oxygen atoms in total. The minimum absolute atomic E-state index is 0.617. The maximum Gasteiger partial charge on any atom is 0.0702 e. The lowest BCUT2D eigenvalue weighted by atomic mass is 9.71. The van der Waals surface area contributed by atoms with Gasteiger partial charge in [0.25, 0.3) is 0 Å². The summed E-state index contributed by atoms with van der Waals surface area (Å²) >= 11 is 0. The molecule has 1 aliphatic carbocycles. The second-order valence-electron chi connectivity index (χ2n) is 10.7. The van der Waals surface area contributed by atoms with Gasteiger partial charge in [-0.1, -0.05) is 114 Å². The molecule has 1 unspecified atom stereocenters. The SMILES string of the molecule is C=CCC(c1ccc(-c2ccc(CCCCCCC)cn2)cc1)[C@H]1CC[C@H](CCCCC)CC1. The summed E-state index contributed by atoms with van der Waals surface area (Å²) in [5.74, 6) is 2.40. The van der Waals surface area contributed by atoms with Crippen LogP contribution in [-0.2, 0) is 6.42 Å². The summed E-state index contributed by atoms with van der Waals surface area (Å²) in [6.45, 7) is 8.67. The van der Waals surface area contributed by atoms with Crippen LogP contribution < -0.4 is 0 Å². The van der Waals surface area contributed by atoms with Crippen molar-refractivity contribution in [2.45, 2.75) is 116 Å². The van der Waals surface area contributed by atoms with E-state index in [4.69, 9.17) is 4.98 Å². The Morgan fingerprint density at radius 1 is 0.853 bits per heavy atom. The third-order valence-electron chi connectivity index (χ3n) is 8.13. The second kappa shape index (κ2) is 15.2. The fourth-order valence-electron chi connectivity index (χ4n) is 5.92. The van der Waals surface area contributed by atoms with Crippen molar-refractivity contribution in [1.82, 2.24) is 4.98 Å². The zero-order chi connectivity index (χ0) is 24.0. The average molecular weight is 460 g/mol. The Kier molecular flexibility index (Phi) is 11.9. The number of benzene rings is 1. The Morgan fingerprint density at radius 3 is 2.21 bits per heavy atom. The van der Waals surface area contributed by atoms with E-state index in [0.29, 0.717) is 5.92 Å². The van der Waals surface area contributed by atoms with E-state index in [9.17, 15) is 0 Å². The largest absolute Gasteiger partial charge is 0.256 e. The summed E-state index contributed by atoms with van der Waals surface area (Å²) in [4.78, 5) is 4.79. The van der Waals surface area contributed by atoms with Crippen LogP contribution in [0.3, 0.4) is 0 Å². The van der Waals surface area contributed by atoms with Crippen molar-refractivity contribution >= 4 is 0 Å². The van der Waals surface area contributed by atoms with Crippen molar-refractivity contribution in [1.29, 1.82) is 0 Å². The molecule has 1 heterocycles. The van der Waals surface area contributed by atoms with E-state index in [2.05, 4.69) is 69.1 Å². The molecule has 186 valence electrons. The van der Waals surface area contributed by atoms with E-state index in [-0.39, 0.29) is 0 Å². The molecular formula is C33H49N. The number of hydrogen-bond donors (Lipinski definition) is 0. The molecule has 0 bridgehead atoms. The summed E-state index contributed by atoms with van der Waals surface area (Å²) in [5.41, 5.74) is 5.18. The molecule has 1 aromatic carbocycles. The molecule has 1 heteroatoms. The first kappa shape index (κ1) is 26.7. The van der Waals surface area contributed by atoms with Crippen LogP contribution in [0.5, 0.6) is 0 Å². The highest BCUT2D eigenvalue weighted by atomic mass is 14.7. The zero-order valence-corrected chi connectivity index (χ0v) is 22.1. The van der Waals surface area contributed by atoms with Gasteiger partial charge in [0, 0.05) is 11.8 Å². The molecule has 1 fully saturated rings. The molecular weight excluding hydrogens is 410 g/mol. The summed E-state index contributed by atoms with van der Waals surface area (Å²) in [6.07, 6.45) is 24.4. The van der Waals surface area contributed by atoms with Crippen molar-refractivity contribution in [2.24, 2.45) is 11.8 Å². The number of aromatic nitrogens is 1. The molecule has 1 aliphatic rings. The smallest absolute Gasteiger partial charge is 0.0702 e. The lowest BCUT2D eigenvalue weighted by Crippen LogP contribution is -2.20. The van der Waals surface area contributed by atoms with Gasteiger partial charge in [-0.05, 0) is 67.1 Å². The minimum Gasteiger partial charge on any atom is -0.256 e. The van der Waals surface area contributed by atoms with E-state index in [1.54, 1.807) is 0 Å². The molecule has 0 aliphatic heterocycles. The van der Waals surface area contributed by atoms with Gasteiger partial charge in [-0.3, -0.25) is 4.98 Å². The fraction of sp³-hybridized carbons (Fsp3) is 0.606. The number of rotatable bonds is 15. The predicted molar refractivity (Wildman–Crippen MR) is 149 cm³/mol. The van der Waals surface area contributed by atoms with Crippen LogP contribution in [0.15, 0.2) is 55.3 Å². The van der Waals surface area contributed by atoms with Crippen LogP contribution >= 0.6 is 0 Å². The first-order chi connectivity index (χ1) is 16.7. The van der Waals surface area contributed by atoms with Crippen LogP contribution in [0.1, 0.15) is 121 Å². The van der Waals surface area contributed by atoms with Crippen LogP contribution in [0, 0.1) is 11.8 Å². The Balaban J connectivity index is 1.55. The Morgan fingerprint density at radius 2 is 1.56 bits per heavy atom. The third-order valence-corrected chi connectivity index (χ3v) is 8.13. The van der Waals surface area contributed by atoms with Crippen LogP contribution in [0.4, 0.5) is 0 Å². The maximum absolute atomic E-state index is 4.79. The molecule has 34 heavy (non-hydrogen) atoms. The number of pyridine rings is 1. The normalized spacial score (nSPS) is 19.1. The molecule has 0 amide bonds. The predicted octanol–water partition coefficient (Wildman–Crippen LogP) is 10.3. The molecule has 0 radical (unpaired) electrons. The standard InChI is InChI=1S/C33H49N/c1-4-7-9-10-12-15-28-18-25-33(34-26-28)31-23-21-30(22-24-31)32(13-6-3)29-19-16-27(17-20-29)14-11-8-5-2/h6,18,21-27,29,32H,3-5,7-17,19-20H2,1-2H3/t27-,29-,32?. The quantitative estimate of drug-likeness (QED) is 0.191. The van der Waals surface area contributed by atoms with Gasteiger partial charge in [0.1, 0.15) is 0 Å². The fourth-order valence-corrected chi connectivity index (χ4v) is 5.92. The third kappa shape index (κ3) is 8.40. The maximum atomic E-state index is 4.79. The summed E-state index contributed by atoms with van der Waals surface area (Å²) in [6, 6.07) is 13.8. The Bertz CT molecular complexity index is 795. The van der Waals surface area contributed by atoms with Crippen LogP contribution in [0.25, 0.3) is 11.3 Å². The summed E-state index contributed by atoms with van der Waals surface area (Å²) in [5, 5.41) is 0. The molecule has 0 spiro atoms. The van der Waals surface area contributed by atoms with Gasteiger partial charge >= 0.3 is 0 Å². The van der Waals surface area contributed by atoms with E-state index in [0.717, 1.165) is 30.4 Å². The summed E-state index contributed by atoms with van der Waals surface area (Å²) in [7, 11) is 0. The monoisotopic (exact) mass is 459 g/mol. The highest BCUT2D eigenvalue weighted by molar-refractivity contribution is 5.59. The van der Waals surface area contributed by atoms with Crippen molar-refractivity contribution in [3.8, 4) is 11.3 Å². The van der Waals surface area contributed by atoms with Crippen molar-refractivity contribution < 1.29 is 0 Å². The van der Waals surface area contributed by atoms with Gasteiger partial charge in [0.15, 0.2) is 0 Å². The average Bonchev–Trinajstić information content (AvgIpc) is 2.88. The first-order valence-corrected chi connectivity index (χ1v) is 14.4. The molecule has 1 saturated carbocycles. The lowest BCUT2D eigenvalue weighted by molar-refractivity contribution is 0.230. The number of hydrogen-bond acceptors (Lipinski definition) is 1. The number of unbranched alkanes of at least 4 members (excludes halogenated alkanes) is 6. The molecule has 1 aromatic heterocycles. The first-order valence-electron chi connectivity index (χ1n) is 14.4. The minimum atomic E-state index is 0.617. The van der Waals surface area contributed by atoms with Gasteiger partial charge in [0.05, 0.1) is 5.69 Å². The van der Waals surface area contributed by atoms with Crippen LogP contribution in [-0.4, -0.2) is 4.98 Å². The molecule has 0 saturated heterocycles. The topological polar surface area (TPSA) is 12.9 Å². The lowest BCUT2D eigenvalue weighted by Gasteiger charge is -2.34. The zero-order valence-electron chi connectivity index (χ0n) is 22.1. The van der Waals surface area contributed by atoms with Gasteiger partial charge in [-0.25, -0.2) is 0 Å². The van der Waals surface area contributed by atoms with Gasteiger partial charge < -0.3 is 0 Å². The van der Waals surface area contributed by atoms with E-state index in [1.165, 1.54) is 100 Å². The van der Waals surface area contributed by atoms with Crippen molar-refractivity contribution in [2.75, 3.05) is 0 Å². The van der Waals surface area contributed by atoms with Crippen LogP contribution in [0.2, 0.25) is 0 Å². The van der Waals surface area contributed by atoms with Crippen molar-refractivity contribution in [3.63, 3.8) is 0 Å². The second-order valence-corrected chi connectivity index (χ2v) is 10.7. The molecule has 1 atom stereocenters. The Hall–Kier alpha value is -1.89. The number of allylic oxidation sites excluding steroid dienone is 1. The highest BCUT2D eigenvalue weighted by Gasteiger charge is 2.27. The van der Waals surface area contributed by atoms with E-state index < -0.39 is 0 Å². The Labute approximate surface area is 210 Å². The van der Waals surface area contributed by atoms with Gasteiger partial charge in [0.2, 0.25) is 0 Å². The number of nitrogens with zero attached hydrogens (tertiary/aromatic N) is 1. The molecule has 0 N–H and O–H groups in total. The van der Waals surface area contributed by atoms with E-state index in [1.807, 2.05) is 0 Å². The van der Waals surface area contributed by atoms with E-state index >= 15 is 0 Å².